The molecule has 0 bridgehead atoms. The Morgan fingerprint density at radius 1 is 0.412 bits per heavy atom. The van der Waals surface area contributed by atoms with Gasteiger partial charge in [0.2, 0.25) is 0 Å². The van der Waals surface area contributed by atoms with Crippen molar-refractivity contribution in [3.8, 4) is 39.1 Å². The van der Waals surface area contributed by atoms with Gasteiger partial charge in [0.25, 0.3) is 0 Å². The zero-order valence-corrected chi connectivity index (χ0v) is 28.3. The van der Waals surface area contributed by atoms with Crippen LogP contribution in [0.3, 0.4) is 0 Å². The van der Waals surface area contributed by atoms with Crippen LogP contribution in [0.15, 0.2) is 176 Å². The molecule has 10 rings (SSSR count). The Morgan fingerprint density at radius 3 is 1.80 bits per heavy atom. The van der Waals surface area contributed by atoms with Gasteiger partial charge in [0.15, 0.2) is 0 Å². The van der Waals surface area contributed by atoms with Crippen LogP contribution in [0.4, 0.5) is 0 Å². The van der Waals surface area contributed by atoms with E-state index in [1.807, 2.05) is 0 Å². The molecular weight excluding hydrogens is 617 g/mol. The molecule has 51 heavy (non-hydrogen) atoms. The van der Waals surface area contributed by atoms with Crippen LogP contribution >= 0.6 is 0 Å². The van der Waals surface area contributed by atoms with E-state index >= 15 is 0 Å². The third-order valence-corrected chi connectivity index (χ3v) is 10.5. The summed E-state index contributed by atoms with van der Waals surface area (Å²) in [5, 5.41) is 10.1. The van der Waals surface area contributed by atoms with Crippen molar-refractivity contribution in [3.05, 3.63) is 182 Å². The fraction of sp³-hybridized carbons (Fsp3) is 0.0408. The molecule has 0 saturated heterocycles. The number of benzene rings is 9. The van der Waals surface area contributed by atoms with Crippen LogP contribution in [0.5, 0.6) is 0 Å². The average molecular weight is 651 g/mol. The summed E-state index contributed by atoms with van der Waals surface area (Å²) in [5.74, 6) is 1.07. The standard InChI is InChI=1S/C49H34N2/c1-2-47-50-45-18-10-11-19-46(45)51(47)38-26-22-34(23-27-38)48-41-16-8-9-17-42(41)49(43-29-24-35(31-44(43)48)32-12-4-3-5-13-32)37-25-28-40-36(30-37)21-20-33-14-6-7-15-39(33)40/h3-31H,2H2,1H3. The van der Waals surface area contributed by atoms with Crippen LogP contribution in [-0.2, 0) is 6.42 Å². The van der Waals surface area contributed by atoms with Gasteiger partial charge < -0.3 is 0 Å². The quantitative estimate of drug-likeness (QED) is 0.134. The molecule has 0 amide bonds. The monoisotopic (exact) mass is 650 g/mol. The number of nitrogens with zero attached hydrogens (tertiary/aromatic N) is 2. The maximum absolute atomic E-state index is 4.94. The van der Waals surface area contributed by atoms with E-state index in [9.17, 15) is 0 Å². The molecule has 0 aliphatic rings. The van der Waals surface area contributed by atoms with Crippen molar-refractivity contribution in [1.82, 2.24) is 9.55 Å². The number of para-hydroxylation sites is 2. The van der Waals surface area contributed by atoms with Gasteiger partial charge in [-0.15, -0.1) is 0 Å². The lowest BCUT2D eigenvalue weighted by Crippen LogP contribution is -2.00. The van der Waals surface area contributed by atoms with Crippen LogP contribution in [-0.4, -0.2) is 9.55 Å². The topological polar surface area (TPSA) is 17.8 Å². The normalized spacial score (nSPS) is 11.7. The van der Waals surface area contributed by atoms with Gasteiger partial charge in [-0.1, -0.05) is 146 Å². The molecule has 0 aliphatic carbocycles. The van der Waals surface area contributed by atoms with E-state index in [-0.39, 0.29) is 0 Å². The van der Waals surface area contributed by atoms with Crippen molar-refractivity contribution >= 4 is 54.1 Å². The summed E-state index contributed by atoms with van der Waals surface area (Å²) in [6.07, 6.45) is 0.862. The smallest absolute Gasteiger partial charge is 0.114 e. The molecule has 0 radical (unpaired) electrons. The molecular formula is C49H34N2. The fourth-order valence-electron chi connectivity index (χ4n) is 8.16. The molecule has 0 N–H and O–H groups in total. The molecule has 2 nitrogen and oxygen atoms in total. The number of aryl methyl sites for hydroxylation is 1. The molecule has 2 heteroatoms. The molecule has 1 heterocycles. The zero-order chi connectivity index (χ0) is 33.9. The summed E-state index contributed by atoms with van der Waals surface area (Å²) in [4.78, 5) is 4.94. The van der Waals surface area contributed by atoms with Gasteiger partial charge in [0, 0.05) is 12.1 Å². The second-order valence-corrected chi connectivity index (χ2v) is 13.4. The van der Waals surface area contributed by atoms with Crippen molar-refractivity contribution < 1.29 is 0 Å². The van der Waals surface area contributed by atoms with E-state index in [1.165, 1.54) is 76.5 Å². The number of hydrogen-bond donors (Lipinski definition) is 0. The second-order valence-electron chi connectivity index (χ2n) is 13.4. The Morgan fingerprint density at radius 2 is 1.00 bits per heavy atom. The maximum Gasteiger partial charge on any atom is 0.114 e. The number of aromatic nitrogens is 2. The molecule has 0 spiro atoms. The predicted molar refractivity (Wildman–Crippen MR) is 217 cm³/mol. The van der Waals surface area contributed by atoms with Crippen LogP contribution in [0.2, 0.25) is 0 Å². The van der Waals surface area contributed by atoms with Crippen LogP contribution in [0.1, 0.15) is 12.7 Å². The van der Waals surface area contributed by atoms with Gasteiger partial charge >= 0.3 is 0 Å². The zero-order valence-electron chi connectivity index (χ0n) is 28.3. The molecule has 0 atom stereocenters. The van der Waals surface area contributed by atoms with Crippen molar-refractivity contribution in [2.24, 2.45) is 0 Å². The number of imidazole rings is 1. The highest BCUT2D eigenvalue weighted by Crippen LogP contribution is 2.45. The lowest BCUT2D eigenvalue weighted by atomic mass is 9.84. The predicted octanol–water partition coefficient (Wildman–Crippen LogP) is 13.2. The summed E-state index contributed by atoms with van der Waals surface area (Å²) in [6.45, 7) is 2.17. The highest BCUT2D eigenvalue weighted by molar-refractivity contribution is 6.22. The Hall–Kier alpha value is -6.51. The van der Waals surface area contributed by atoms with E-state index in [4.69, 9.17) is 4.98 Å². The molecule has 240 valence electrons. The third kappa shape index (κ3) is 4.75. The fourth-order valence-corrected chi connectivity index (χ4v) is 8.16. The van der Waals surface area contributed by atoms with Crippen molar-refractivity contribution in [2.45, 2.75) is 13.3 Å². The molecule has 0 unspecified atom stereocenters. The molecule has 0 aliphatic heterocycles. The maximum atomic E-state index is 4.94. The SMILES string of the molecule is CCc1nc2ccccc2n1-c1ccc(-c2c3ccccc3c(-c3ccc4c(ccc5ccccc54)c3)c3ccc(-c4ccccc4)cc23)cc1. The van der Waals surface area contributed by atoms with E-state index in [0.717, 1.165) is 29.0 Å². The highest BCUT2D eigenvalue weighted by Gasteiger charge is 2.19. The minimum Gasteiger partial charge on any atom is -0.296 e. The molecule has 0 fully saturated rings. The first-order valence-corrected chi connectivity index (χ1v) is 17.8. The first-order valence-electron chi connectivity index (χ1n) is 17.8. The minimum atomic E-state index is 0.862. The van der Waals surface area contributed by atoms with Crippen molar-refractivity contribution in [1.29, 1.82) is 0 Å². The Labute approximate surface area is 296 Å². The van der Waals surface area contributed by atoms with Crippen LogP contribution in [0, 0.1) is 0 Å². The van der Waals surface area contributed by atoms with E-state index in [0.29, 0.717) is 0 Å². The highest BCUT2D eigenvalue weighted by atomic mass is 15.1. The summed E-state index contributed by atoms with van der Waals surface area (Å²) >= 11 is 0. The molecule has 10 aromatic rings. The van der Waals surface area contributed by atoms with Gasteiger partial charge in [-0.3, -0.25) is 4.57 Å². The Balaban J connectivity index is 1.23. The number of hydrogen-bond acceptors (Lipinski definition) is 1. The number of rotatable bonds is 5. The summed E-state index contributed by atoms with van der Waals surface area (Å²) in [7, 11) is 0. The molecule has 1 aromatic heterocycles. The number of fused-ring (bicyclic) bond motifs is 6. The minimum absolute atomic E-state index is 0.862. The van der Waals surface area contributed by atoms with Crippen molar-refractivity contribution in [3.63, 3.8) is 0 Å². The molecule has 0 saturated carbocycles. The Bertz CT molecular complexity index is 2930. The van der Waals surface area contributed by atoms with Crippen LogP contribution in [0.25, 0.3) is 93.2 Å². The van der Waals surface area contributed by atoms with E-state index in [1.54, 1.807) is 0 Å². The van der Waals surface area contributed by atoms with Gasteiger partial charge in [-0.25, -0.2) is 4.98 Å². The van der Waals surface area contributed by atoms with E-state index in [2.05, 4.69) is 187 Å². The Kier molecular flexibility index (Phi) is 6.82. The van der Waals surface area contributed by atoms with Gasteiger partial charge in [0.05, 0.1) is 11.0 Å². The average Bonchev–Trinajstić information content (AvgIpc) is 3.59. The van der Waals surface area contributed by atoms with Gasteiger partial charge in [-0.2, -0.15) is 0 Å². The van der Waals surface area contributed by atoms with Gasteiger partial charge in [-0.05, 0) is 113 Å². The summed E-state index contributed by atoms with van der Waals surface area (Å²) < 4.78 is 2.30. The first kappa shape index (κ1) is 29.4. The van der Waals surface area contributed by atoms with Crippen molar-refractivity contribution in [2.75, 3.05) is 0 Å². The third-order valence-electron chi connectivity index (χ3n) is 10.5. The molecule has 9 aromatic carbocycles. The first-order chi connectivity index (χ1) is 25.2. The largest absolute Gasteiger partial charge is 0.296 e. The second kappa shape index (κ2) is 11.8. The van der Waals surface area contributed by atoms with Crippen LogP contribution < -0.4 is 0 Å². The van der Waals surface area contributed by atoms with E-state index < -0.39 is 0 Å². The lowest BCUT2D eigenvalue weighted by Gasteiger charge is -2.19. The summed E-state index contributed by atoms with van der Waals surface area (Å²) in [6, 6.07) is 64.4. The summed E-state index contributed by atoms with van der Waals surface area (Å²) in [5.41, 5.74) is 10.7. The lowest BCUT2D eigenvalue weighted by molar-refractivity contribution is 0.908. The van der Waals surface area contributed by atoms with Gasteiger partial charge in [0.1, 0.15) is 5.82 Å².